The Bertz CT molecular complexity index is 414. The first-order chi connectivity index (χ1) is 12.7. The van der Waals surface area contributed by atoms with E-state index in [1.54, 1.807) is 0 Å². The van der Waals surface area contributed by atoms with Crippen molar-refractivity contribution in [2.45, 2.75) is 123 Å². The molecule has 1 aliphatic heterocycles. The smallest absolute Gasteiger partial charge is 0.410 e. The molecule has 0 aliphatic carbocycles. The first-order valence-corrected chi connectivity index (χ1v) is 11.2. The molecule has 1 heterocycles. The van der Waals surface area contributed by atoms with Gasteiger partial charge in [-0.25, -0.2) is 4.79 Å². The summed E-state index contributed by atoms with van der Waals surface area (Å²) in [6.45, 7) is 13.3. The Labute approximate surface area is 167 Å². The predicted octanol–water partition coefficient (Wildman–Crippen LogP) is 5.30. The van der Waals surface area contributed by atoms with Crippen LogP contribution in [0.5, 0.6) is 0 Å². The zero-order valence-corrected chi connectivity index (χ0v) is 18.7. The zero-order chi connectivity index (χ0) is 20.3. The minimum Gasteiger partial charge on any atom is -0.444 e. The number of amides is 1. The Morgan fingerprint density at radius 2 is 1.59 bits per heavy atom. The van der Waals surface area contributed by atoms with Gasteiger partial charge in [0.05, 0.1) is 0 Å². The van der Waals surface area contributed by atoms with Crippen molar-refractivity contribution in [2.75, 3.05) is 6.54 Å². The van der Waals surface area contributed by atoms with E-state index in [2.05, 4.69) is 36.7 Å². The van der Waals surface area contributed by atoms with Gasteiger partial charge in [0.15, 0.2) is 5.79 Å². The van der Waals surface area contributed by atoms with Gasteiger partial charge >= 0.3 is 6.09 Å². The molecule has 0 radical (unpaired) electrons. The van der Waals surface area contributed by atoms with Crippen LogP contribution in [0.15, 0.2) is 0 Å². The van der Waals surface area contributed by atoms with Crippen molar-refractivity contribution in [3.8, 4) is 0 Å². The van der Waals surface area contributed by atoms with Gasteiger partial charge in [-0.05, 0) is 39.5 Å². The molecule has 0 spiro atoms. The van der Waals surface area contributed by atoms with Crippen LogP contribution in [-0.4, -0.2) is 30.1 Å². The summed E-state index contributed by atoms with van der Waals surface area (Å²) in [4.78, 5) is 12.2. The summed E-state index contributed by atoms with van der Waals surface area (Å²) in [7, 11) is 0. The Kier molecular flexibility index (Phi) is 10.7. The van der Waals surface area contributed by atoms with Crippen LogP contribution in [0.4, 0.5) is 4.79 Å². The summed E-state index contributed by atoms with van der Waals surface area (Å²) < 4.78 is 5.42. The van der Waals surface area contributed by atoms with Gasteiger partial charge in [0.1, 0.15) is 5.60 Å². The molecule has 1 amide bonds. The number of unbranched alkanes of at least 4 members (excludes halogenated alkanes) is 5. The fourth-order valence-electron chi connectivity index (χ4n) is 3.37. The summed E-state index contributed by atoms with van der Waals surface area (Å²) in [5.41, 5.74) is -0.476. The maximum atomic E-state index is 12.2. The first-order valence-electron chi connectivity index (χ1n) is 11.2. The Morgan fingerprint density at radius 1 is 1.04 bits per heavy atom. The Balaban J connectivity index is 2.46. The van der Waals surface area contributed by atoms with Crippen molar-refractivity contribution in [3.63, 3.8) is 0 Å². The lowest BCUT2D eigenvalue weighted by Crippen LogP contribution is -2.56. The molecule has 0 aromatic heterocycles. The molecule has 0 aromatic rings. The average molecular weight is 384 g/mol. The van der Waals surface area contributed by atoms with Crippen LogP contribution in [0.2, 0.25) is 0 Å². The molecular weight excluding hydrogens is 338 g/mol. The van der Waals surface area contributed by atoms with Crippen LogP contribution < -0.4 is 16.0 Å². The molecule has 0 saturated carbocycles. The molecule has 0 aromatic carbocycles. The summed E-state index contributed by atoms with van der Waals surface area (Å²) in [5, 5.41) is 9.96. The highest BCUT2D eigenvalue weighted by molar-refractivity contribution is 5.69. The van der Waals surface area contributed by atoms with Crippen molar-refractivity contribution >= 4 is 6.09 Å². The van der Waals surface area contributed by atoms with Crippen LogP contribution in [0.3, 0.4) is 0 Å². The van der Waals surface area contributed by atoms with Crippen LogP contribution in [0.25, 0.3) is 0 Å². The van der Waals surface area contributed by atoms with Crippen molar-refractivity contribution in [1.29, 1.82) is 0 Å². The van der Waals surface area contributed by atoms with E-state index in [1.165, 1.54) is 64.2 Å². The SMILES string of the molecule is CCCCCCCC(CCCCC(C)C)NC1(NC(=O)OC(C)(C)C)CN1. The monoisotopic (exact) mass is 383 g/mol. The van der Waals surface area contributed by atoms with Crippen LogP contribution in [0.1, 0.15) is 106 Å². The molecule has 0 bridgehead atoms. The zero-order valence-electron chi connectivity index (χ0n) is 18.7. The molecule has 1 rings (SSSR count). The van der Waals surface area contributed by atoms with Crippen molar-refractivity contribution in [1.82, 2.24) is 16.0 Å². The summed E-state index contributed by atoms with van der Waals surface area (Å²) >= 11 is 0. The number of carbonyl (C=O) groups excluding carboxylic acids is 1. The highest BCUT2D eigenvalue weighted by Crippen LogP contribution is 2.19. The van der Waals surface area contributed by atoms with Gasteiger partial charge in [0.2, 0.25) is 0 Å². The molecule has 160 valence electrons. The molecule has 3 N–H and O–H groups in total. The Morgan fingerprint density at radius 3 is 2.11 bits per heavy atom. The Hall–Kier alpha value is -0.810. The average Bonchev–Trinajstić information content (AvgIpc) is 3.27. The number of carbonyl (C=O) groups is 1. The number of ether oxygens (including phenoxy) is 1. The fraction of sp³-hybridized carbons (Fsp3) is 0.955. The van der Waals surface area contributed by atoms with Gasteiger partial charge < -0.3 is 4.74 Å². The molecule has 2 atom stereocenters. The largest absolute Gasteiger partial charge is 0.444 e. The minimum atomic E-state index is -0.478. The van der Waals surface area contributed by atoms with E-state index in [-0.39, 0.29) is 6.09 Å². The van der Waals surface area contributed by atoms with Crippen molar-refractivity contribution < 1.29 is 9.53 Å². The minimum absolute atomic E-state index is 0.360. The molecule has 5 heteroatoms. The number of nitrogens with one attached hydrogen (secondary N) is 3. The third kappa shape index (κ3) is 12.3. The number of alkyl carbamates (subject to hydrolysis) is 1. The van der Waals surface area contributed by atoms with E-state index in [0.717, 1.165) is 12.5 Å². The standard InChI is InChI=1S/C22H45N3O2/c1-7-8-9-10-11-15-19(16-13-12-14-18(2)3)24-22(17-23-22)25-20(26)27-21(4,5)6/h18-19,23-24H,7-17H2,1-6H3,(H,25,26). The summed E-state index contributed by atoms with van der Waals surface area (Å²) in [5.74, 6) is 0.296. The quantitative estimate of drug-likeness (QED) is 0.216. The molecule has 27 heavy (non-hydrogen) atoms. The lowest BCUT2D eigenvalue weighted by molar-refractivity contribution is 0.0476. The fourth-order valence-corrected chi connectivity index (χ4v) is 3.37. The van der Waals surface area contributed by atoms with Crippen molar-refractivity contribution in [3.05, 3.63) is 0 Å². The number of hydrogen-bond acceptors (Lipinski definition) is 4. The second-order valence-electron chi connectivity index (χ2n) is 9.61. The maximum absolute atomic E-state index is 12.2. The van der Waals surface area contributed by atoms with E-state index in [1.807, 2.05) is 20.8 Å². The third-order valence-electron chi connectivity index (χ3n) is 4.94. The first kappa shape index (κ1) is 24.2. The molecule has 1 saturated heterocycles. The van der Waals surface area contributed by atoms with Gasteiger partial charge in [-0.3, -0.25) is 16.0 Å². The second-order valence-corrected chi connectivity index (χ2v) is 9.61. The highest BCUT2D eigenvalue weighted by Gasteiger charge is 2.45. The normalized spacial score (nSPS) is 20.6. The lowest BCUT2D eigenvalue weighted by Gasteiger charge is -2.27. The number of hydrogen-bond donors (Lipinski definition) is 3. The predicted molar refractivity (Wildman–Crippen MR) is 114 cm³/mol. The van der Waals surface area contributed by atoms with Gasteiger partial charge in [-0.15, -0.1) is 0 Å². The summed E-state index contributed by atoms with van der Waals surface area (Å²) in [6.07, 6.45) is 12.3. The van der Waals surface area contributed by atoms with Crippen LogP contribution in [-0.2, 0) is 4.74 Å². The molecule has 1 aliphatic rings. The van der Waals surface area contributed by atoms with E-state index in [9.17, 15) is 4.79 Å². The summed E-state index contributed by atoms with van der Waals surface area (Å²) in [6, 6.07) is 0.434. The molecule has 5 nitrogen and oxygen atoms in total. The van der Waals surface area contributed by atoms with E-state index in [4.69, 9.17) is 4.74 Å². The van der Waals surface area contributed by atoms with E-state index >= 15 is 0 Å². The molecule has 2 unspecified atom stereocenters. The molecule has 1 fully saturated rings. The maximum Gasteiger partial charge on any atom is 0.410 e. The van der Waals surface area contributed by atoms with E-state index < -0.39 is 11.4 Å². The van der Waals surface area contributed by atoms with Gasteiger partial charge in [-0.1, -0.05) is 72.1 Å². The lowest BCUT2D eigenvalue weighted by atomic mass is 9.98. The highest BCUT2D eigenvalue weighted by atomic mass is 16.6. The van der Waals surface area contributed by atoms with Crippen LogP contribution >= 0.6 is 0 Å². The second kappa shape index (κ2) is 11.9. The van der Waals surface area contributed by atoms with Gasteiger partial charge in [0, 0.05) is 12.6 Å². The van der Waals surface area contributed by atoms with Crippen molar-refractivity contribution in [2.24, 2.45) is 5.92 Å². The molecular formula is C22H45N3O2. The van der Waals surface area contributed by atoms with Gasteiger partial charge in [0.25, 0.3) is 0 Å². The topological polar surface area (TPSA) is 72.3 Å². The van der Waals surface area contributed by atoms with E-state index in [0.29, 0.717) is 6.04 Å². The number of rotatable bonds is 14. The van der Waals surface area contributed by atoms with Gasteiger partial charge in [-0.2, -0.15) is 0 Å². The third-order valence-corrected chi connectivity index (χ3v) is 4.94. The van der Waals surface area contributed by atoms with Crippen LogP contribution in [0, 0.1) is 5.92 Å².